The molecule has 0 aliphatic rings. The number of nitrogens with one attached hydrogen (secondary N) is 1. The Morgan fingerprint density at radius 1 is 0.769 bits per heavy atom. The zero-order chi connectivity index (χ0) is 11.3. The van der Waals surface area contributed by atoms with Gasteiger partial charge in [0.15, 0.2) is 4.30 Å². The lowest BCUT2D eigenvalue weighted by Crippen LogP contribution is -2.55. The summed E-state index contributed by atoms with van der Waals surface area (Å²) >= 11 is 14.4. The minimum atomic E-state index is -0.981. The molecule has 1 N–H and O–H groups in total. The molecule has 0 unspecified atom stereocenters. The topological polar surface area (TPSA) is 12.0 Å². The summed E-state index contributed by atoms with van der Waals surface area (Å²) in [6.07, 6.45) is 0. The summed E-state index contributed by atoms with van der Waals surface area (Å²) in [7, 11) is -1.96. The van der Waals surface area contributed by atoms with Crippen molar-refractivity contribution in [3.63, 3.8) is 0 Å². The lowest BCUT2D eigenvalue weighted by atomic mass is 11.8. The third-order valence-electron chi connectivity index (χ3n) is 0.750. The van der Waals surface area contributed by atoms with Crippen LogP contribution >= 0.6 is 34.8 Å². The fourth-order valence-electron chi connectivity index (χ4n) is 1.12. The predicted molar refractivity (Wildman–Crippen MR) is 71.2 cm³/mol. The zero-order valence-corrected chi connectivity index (χ0v) is 13.5. The van der Waals surface area contributed by atoms with Crippen molar-refractivity contribution in [3.05, 3.63) is 0 Å². The number of hydrogen-bond donors (Lipinski definition) is 1. The monoisotopic (exact) mass is 279 g/mol. The third-order valence-corrected chi connectivity index (χ3v) is 6.75. The molecule has 0 bridgehead atoms. The maximum atomic E-state index is 4.81. The molecule has 0 atom stereocenters. The summed E-state index contributed by atoms with van der Waals surface area (Å²) in [6.45, 7) is 14.1. The average molecular weight is 281 g/mol. The molecule has 6 heteroatoms. The van der Waals surface area contributed by atoms with Crippen LogP contribution in [0.4, 0.5) is 0 Å². The number of halogens is 3. The molecule has 0 saturated carbocycles. The van der Waals surface area contributed by atoms with Crippen LogP contribution < -0.4 is 4.65 Å². The minimum Gasteiger partial charge on any atom is -0.360 e. The molecule has 0 aliphatic heterocycles. The van der Waals surface area contributed by atoms with Crippen molar-refractivity contribution in [2.45, 2.75) is 43.6 Å². The van der Waals surface area contributed by atoms with Crippen LogP contribution in [0.15, 0.2) is 0 Å². The van der Waals surface area contributed by atoms with Gasteiger partial charge in [-0.2, -0.15) is 0 Å². The molecule has 0 amide bonds. The lowest BCUT2D eigenvalue weighted by Gasteiger charge is -2.28. The number of alkyl halides is 3. The number of hydrogen-bond acceptors (Lipinski definition) is 1. The van der Waals surface area contributed by atoms with Gasteiger partial charge in [0.2, 0.25) is 0 Å². The van der Waals surface area contributed by atoms with Crippen LogP contribution in [0.3, 0.4) is 0 Å². The molecule has 0 radical (unpaired) electrons. The number of rotatable bonds is 2. The van der Waals surface area contributed by atoms with Gasteiger partial charge in [-0.25, -0.2) is 0 Å². The first-order valence-corrected chi connectivity index (χ1v) is 12.5. The molecule has 0 spiro atoms. The quantitative estimate of drug-likeness (QED) is 0.589. The molecule has 13 heavy (non-hydrogen) atoms. The van der Waals surface area contributed by atoms with Gasteiger partial charge in [0, 0.05) is 0 Å². The van der Waals surface area contributed by atoms with Gasteiger partial charge in [0.25, 0.3) is 0 Å². The Labute approximate surface area is 99.3 Å². The van der Waals surface area contributed by atoms with Crippen LogP contribution in [-0.2, 0) is 0 Å². The van der Waals surface area contributed by atoms with Crippen molar-refractivity contribution in [1.82, 2.24) is 4.65 Å². The zero-order valence-electron chi connectivity index (χ0n) is 9.21. The highest BCUT2D eigenvalue weighted by atomic mass is 35.6. The van der Waals surface area contributed by atoms with Crippen LogP contribution in [-0.4, -0.2) is 20.8 Å². The van der Waals surface area contributed by atoms with Crippen LogP contribution in [0.25, 0.3) is 0 Å². The van der Waals surface area contributed by atoms with Gasteiger partial charge >= 0.3 is 0 Å². The van der Waals surface area contributed by atoms with E-state index in [0.29, 0.717) is 0 Å². The summed E-state index contributed by atoms with van der Waals surface area (Å²) in [5.41, 5.74) is 0. The first-order chi connectivity index (χ1) is 5.44. The predicted octanol–water partition coefficient (Wildman–Crippen LogP) is 4.23. The van der Waals surface area contributed by atoms with Crippen molar-refractivity contribution >= 4 is 51.3 Å². The molecule has 0 aromatic carbocycles. The lowest BCUT2D eigenvalue weighted by molar-refractivity contribution is 1.30. The van der Waals surface area contributed by atoms with Gasteiger partial charge in [-0.1, -0.05) is 74.1 Å². The first-order valence-electron chi connectivity index (χ1n) is 4.15. The second kappa shape index (κ2) is 6.69. The van der Waals surface area contributed by atoms with Crippen molar-refractivity contribution in [2.75, 3.05) is 0 Å². The summed E-state index contributed by atoms with van der Waals surface area (Å²) < 4.78 is 2.99. The van der Waals surface area contributed by atoms with E-state index in [0.717, 1.165) is 0 Å². The minimum absolute atomic E-state index is 0.750. The van der Waals surface area contributed by atoms with E-state index in [1.165, 1.54) is 0 Å². The van der Waals surface area contributed by atoms with Crippen molar-refractivity contribution in [3.8, 4) is 0 Å². The molecule has 0 aromatic heterocycles. The molecule has 0 fully saturated rings. The van der Waals surface area contributed by atoms with E-state index in [1.807, 2.05) is 0 Å². The van der Waals surface area contributed by atoms with E-state index in [2.05, 4.69) is 43.9 Å². The van der Waals surface area contributed by atoms with Gasteiger partial charge in [0.1, 0.15) is 16.5 Å². The maximum absolute atomic E-state index is 4.81. The molecule has 0 aromatic rings. The Morgan fingerprint density at radius 2 is 0.923 bits per heavy atom. The molecule has 0 heterocycles. The maximum Gasteiger partial charge on any atom is 0.180 e. The SMILES string of the molecule is C[Si](C)(C)N[Si](C)(C)C.ClC(Cl)Cl. The molecule has 82 valence electrons. The van der Waals surface area contributed by atoms with Crippen molar-refractivity contribution in [2.24, 2.45) is 0 Å². The molecule has 1 nitrogen and oxygen atoms in total. The standard InChI is InChI=1S/C6H19NSi2.CHCl3/c1-8(2,3)7-9(4,5)6;2-1(3)4/h7H,1-6H3;1H. The van der Waals surface area contributed by atoms with E-state index in [-0.39, 0.29) is 0 Å². The summed E-state index contributed by atoms with van der Waals surface area (Å²) in [5.74, 6) is 0. The molecule has 0 rings (SSSR count). The van der Waals surface area contributed by atoms with E-state index in [1.54, 1.807) is 0 Å². The Kier molecular flexibility index (Phi) is 8.59. The van der Waals surface area contributed by atoms with Crippen LogP contribution in [0, 0.1) is 0 Å². The summed E-state index contributed by atoms with van der Waals surface area (Å²) in [4.78, 5) is 0. The second-order valence-corrected chi connectivity index (χ2v) is 16.9. The smallest absolute Gasteiger partial charge is 0.180 e. The summed E-state index contributed by atoms with van der Waals surface area (Å²) in [5, 5.41) is 0. The largest absolute Gasteiger partial charge is 0.360 e. The fraction of sp³-hybridized carbons (Fsp3) is 1.00. The molecular weight excluding hydrogens is 261 g/mol. The Hall–Kier alpha value is 1.26. The average Bonchev–Trinajstić information content (AvgIpc) is 1.47. The van der Waals surface area contributed by atoms with Crippen LogP contribution in [0.1, 0.15) is 0 Å². The van der Waals surface area contributed by atoms with Gasteiger partial charge in [-0.15, -0.1) is 0 Å². The third kappa shape index (κ3) is 31.9. The Balaban J connectivity index is 0. The van der Waals surface area contributed by atoms with E-state index < -0.39 is 20.8 Å². The van der Waals surface area contributed by atoms with Gasteiger partial charge in [0.05, 0.1) is 0 Å². The Bertz CT molecular complexity index is 114. The molecule has 0 aliphatic carbocycles. The highest BCUT2D eigenvalue weighted by Gasteiger charge is 2.22. The van der Waals surface area contributed by atoms with Gasteiger partial charge in [-0.3, -0.25) is 0 Å². The van der Waals surface area contributed by atoms with Crippen LogP contribution in [0.2, 0.25) is 39.3 Å². The van der Waals surface area contributed by atoms with Crippen LogP contribution in [0.5, 0.6) is 0 Å². The van der Waals surface area contributed by atoms with Gasteiger partial charge in [-0.05, 0) is 0 Å². The van der Waals surface area contributed by atoms with E-state index >= 15 is 0 Å². The van der Waals surface area contributed by atoms with Crippen molar-refractivity contribution in [1.29, 1.82) is 0 Å². The fourth-order valence-corrected chi connectivity index (χ4v) is 10.1. The molecular formula is C7H20Cl3NSi2. The van der Waals surface area contributed by atoms with Crippen molar-refractivity contribution < 1.29 is 0 Å². The first kappa shape index (κ1) is 16.7. The van der Waals surface area contributed by atoms with E-state index in [4.69, 9.17) is 34.8 Å². The highest BCUT2D eigenvalue weighted by molar-refractivity contribution is 6.90. The molecule has 0 saturated heterocycles. The van der Waals surface area contributed by atoms with Gasteiger partial charge < -0.3 is 4.65 Å². The Morgan fingerprint density at radius 3 is 0.923 bits per heavy atom. The second-order valence-electron chi connectivity index (χ2n) is 4.87. The van der Waals surface area contributed by atoms with E-state index in [9.17, 15) is 0 Å². The normalized spacial score (nSPS) is 12.5. The summed E-state index contributed by atoms with van der Waals surface area (Å²) in [6, 6.07) is 0. The highest BCUT2D eigenvalue weighted by Crippen LogP contribution is 2.03.